The van der Waals surface area contributed by atoms with Crippen molar-refractivity contribution in [3.05, 3.63) is 42.5 Å². The van der Waals surface area contributed by atoms with E-state index in [1.54, 1.807) is 24.3 Å². The Kier molecular flexibility index (Phi) is 8.56. The molecule has 2 rings (SSSR count). The van der Waals surface area contributed by atoms with Gasteiger partial charge in [0, 0.05) is 12.1 Å². The number of carbonyl (C=O) groups is 1. The number of amides is 1. The van der Waals surface area contributed by atoms with E-state index < -0.39 is 15.9 Å². The molecule has 0 spiro atoms. The van der Waals surface area contributed by atoms with Crippen LogP contribution in [0, 0.1) is 0 Å². The molecule has 0 heterocycles. The fourth-order valence-electron chi connectivity index (χ4n) is 2.85. The van der Waals surface area contributed by atoms with Crippen molar-refractivity contribution in [2.45, 2.75) is 38.1 Å². The number of ether oxygens (including phenoxy) is 3. The molecule has 1 amide bonds. The molecule has 0 saturated carbocycles. The topological polar surface area (TPSA) is 94.2 Å². The Labute approximate surface area is 184 Å². The summed E-state index contributed by atoms with van der Waals surface area (Å²) >= 11 is 0. The third-order valence-corrected chi connectivity index (χ3v) is 6.46. The van der Waals surface area contributed by atoms with Crippen LogP contribution in [0.5, 0.6) is 17.2 Å². The zero-order chi connectivity index (χ0) is 23.0. The molecule has 0 bridgehead atoms. The summed E-state index contributed by atoms with van der Waals surface area (Å²) in [6.07, 6.45) is 0.733. The third kappa shape index (κ3) is 6.04. The van der Waals surface area contributed by atoms with Crippen molar-refractivity contribution in [1.29, 1.82) is 0 Å². The second-order valence-electron chi connectivity index (χ2n) is 6.83. The first-order chi connectivity index (χ1) is 14.8. The number of rotatable bonds is 11. The predicted octanol–water partition coefficient (Wildman–Crippen LogP) is 3.21. The molecule has 2 aromatic rings. The molecule has 0 aliphatic rings. The van der Waals surface area contributed by atoms with E-state index in [0.717, 1.165) is 10.7 Å². The molecule has 0 aliphatic heterocycles. The summed E-state index contributed by atoms with van der Waals surface area (Å²) in [6, 6.07) is 10.8. The summed E-state index contributed by atoms with van der Waals surface area (Å²) in [5.74, 6) is 0.897. The van der Waals surface area contributed by atoms with Crippen LogP contribution < -0.4 is 23.8 Å². The van der Waals surface area contributed by atoms with E-state index in [9.17, 15) is 13.2 Å². The molecule has 8 nitrogen and oxygen atoms in total. The second-order valence-corrected chi connectivity index (χ2v) is 8.69. The first-order valence-corrected chi connectivity index (χ1v) is 11.5. The quantitative estimate of drug-likeness (QED) is 0.565. The Morgan fingerprint density at radius 1 is 1.03 bits per heavy atom. The number of anilines is 1. The van der Waals surface area contributed by atoms with Crippen molar-refractivity contribution in [3.8, 4) is 17.2 Å². The SMILES string of the molecule is CCOc1ccc(N(CC(=O)NC(C)CC)S(=O)(=O)c2ccc(OC)c(OC)c2)cc1. The van der Waals surface area contributed by atoms with E-state index in [0.29, 0.717) is 23.8 Å². The van der Waals surface area contributed by atoms with Crippen molar-refractivity contribution in [2.75, 3.05) is 31.7 Å². The highest BCUT2D eigenvalue weighted by atomic mass is 32.2. The lowest BCUT2D eigenvalue weighted by atomic mass is 10.2. The van der Waals surface area contributed by atoms with Crippen molar-refractivity contribution in [1.82, 2.24) is 5.32 Å². The minimum atomic E-state index is -4.08. The lowest BCUT2D eigenvalue weighted by Crippen LogP contribution is -2.43. The van der Waals surface area contributed by atoms with Crippen LogP contribution in [0.2, 0.25) is 0 Å². The van der Waals surface area contributed by atoms with Gasteiger partial charge in [-0.15, -0.1) is 0 Å². The fraction of sp³-hybridized carbons (Fsp3) is 0.409. The average molecular weight is 451 g/mol. The van der Waals surface area contributed by atoms with Crippen LogP contribution in [0.3, 0.4) is 0 Å². The monoisotopic (exact) mass is 450 g/mol. The van der Waals surface area contributed by atoms with Gasteiger partial charge in [0.15, 0.2) is 11.5 Å². The summed E-state index contributed by atoms with van der Waals surface area (Å²) in [5.41, 5.74) is 0.345. The second kappa shape index (κ2) is 10.9. The van der Waals surface area contributed by atoms with E-state index in [1.165, 1.54) is 32.4 Å². The van der Waals surface area contributed by atoms with Gasteiger partial charge in [-0.2, -0.15) is 0 Å². The molecule has 0 fully saturated rings. The standard InChI is InChI=1S/C22H30N2O6S/c1-6-16(3)23-22(25)15-24(17-8-10-18(11-9-17)30-7-2)31(26,27)19-12-13-20(28-4)21(14-19)29-5/h8-14,16H,6-7,15H2,1-5H3,(H,23,25). The van der Waals surface area contributed by atoms with Crippen LogP contribution in [-0.4, -0.2) is 47.7 Å². The molecule has 0 aromatic heterocycles. The Morgan fingerprint density at radius 3 is 2.23 bits per heavy atom. The molecule has 1 N–H and O–H groups in total. The van der Waals surface area contributed by atoms with Crippen LogP contribution in [0.1, 0.15) is 27.2 Å². The molecule has 1 unspecified atom stereocenters. The number of nitrogens with zero attached hydrogens (tertiary/aromatic N) is 1. The van der Waals surface area contributed by atoms with Crippen LogP contribution in [0.15, 0.2) is 47.4 Å². The first-order valence-electron chi connectivity index (χ1n) is 10.0. The Bertz CT molecular complexity index is 976. The Balaban J connectivity index is 2.48. The van der Waals surface area contributed by atoms with Crippen molar-refractivity contribution < 1.29 is 27.4 Å². The maximum absolute atomic E-state index is 13.5. The first kappa shape index (κ1) is 24.3. The van der Waals surface area contributed by atoms with Crippen LogP contribution in [-0.2, 0) is 14.8 Å². The van der Waals surface area contributed by atoms with Gasteiger partial charge in [-0.25, -0.2) is 8.42 Å². The maximum Gasteiger partial charge on any atom is 0.264 e. The molecular formula is C22H30N2O6S. The predicted molar refractivity (Wildman–Crippen MR) is 120 cm³/mol. The zero-order valence-corrected chi connectivity index (χ0v) is 19.4. The van der Waals surface area contributed by atoms with Gasteiger partial charge < -0.3 is 19.5 Å². The number of methoxy groups -OCH3 is 2. The van der Waals surface area contributed by atoms with Crippen molar-refractivity contribution in [2.24, 2.45) is 0 Å². The summed E-state index contributed by atoms with van der Waals surface area (Å²) in [6.45, 7) is 5.79. The van der Waals surface area contributed by atoms with Gasteiger partial charge in [-0.3, -0.25) is 9.10 Å². The molecule has 0 aliphatic carbocycles. The highest BCUT2D eigenvalue weighted by Crippen LogP contribution is 2.32. The largest absolute Gasteiger partial charge is 0.494 e. The van der Waals surface area contributed by atoms with E-state index in [-0.39, 0.29) is 23.2 Å². The molecule has 0 saturated heterocycles. The number of nitrogens with one attached hydrogen (secondary N) is 1. The van der Waals surface area contributed by atoms with Crippen molar-refractivity contribution in [3.63, 3.8) is 0 Å². The zero-order valence-electron chi connectivity index (χ0n) is 18.5. The summed E-state index contributed by atoms with van der Waals surface area (Å²) in [4.78, 5) is 12.6. The number of benzene rings is 2. The molecular weight excluding hydrogens is 420 g/mol. The van der Waals surface area contributed by atoms with Gasteiger partial charge in [-0.1, -0.05) is 6.92 Å². The molecule has 1 atom stereocenters. The van der Waals surface area contributed by atoms with Gasteiger partial charge in [0.1, 0.15) is 12.3 Å². The summed E-state index contributed by atoms with van der Waals surface area (Å²) in [5, 5.41) is 2.81. The van der Waals surface area contributed by atoms with Crippen LogP contribution >= 0.6 is 0 Å². The number of sulfonamides is 1. The normalized spacial score (nSPS) is 12.0. The number of hydrogen-bond donors (Lipinski definition) is 1. The van der Waals surface area contributed by atoms with Gasteiger partial charge in [0.05, 0.1) is 31.4 Å². The molecule has 0 radical (unpaired) electrons. The van der Waals surface area contributed by atoms with E-state index >= 15 is 0 Å². The van der Waals surface area contributed by atoms with Gasteiger partial charge in [-0.05, 0) is 56.7 Å². The lowest BCUT2D eigenvalue weighted by molar-refractivity contribution is -0.120. The minimum Gasteiger partial charge on any atom is -0.494 e. The Morgan fingerprint density at radius 2 is 1.68 bits per heavy atom. The molecule has 31 heavy (non-hydrogen) atoms. The smallest absolute Gasteiger partial charge is 0.264 e. The summed E-state index contributed by atoms with van der Waals surface area (Å²) < 4.78 is 44.0. The maximum atomic E-state index is 13.5. The number of carbonyl (C=O) groups excluding carboxylic acids is 1. The van der Waals surface area contributed by atoms with E-state index in [2.05, 4.69) is 5.32 Å². The Hall–Kier alpha value is -2.94. The fourth-order valence-corrected chi connectivity index (χ4v) is 4.28. The van der Waals surface area contributed by atoms with E-state index in [1.807, 2.05) is 20.8 Å². The van der Waals surface area contributed by atoms with Gasteiger partial charge in [0.2, 0.25) is 5.91 Å². The van der Waals surface area contributed by atoms with E-state index in [4.69, 9.17) is 14.2 Å². The van der Waals surface area contributed by atoms with Gasteiger partial charge >= 0.3 is 0 Å². The average Bonchev–Trinajstić information content (AvgIpc) is 2.77. The van der Waals surface area contributed by atoms with Crippen LogP contribution in [0.25, 0.3) is 0 Å². The minimum absolute atomic E-state index is 0.0182. The third-order valence-electron chi connectivity index (χ3n) is 4.69. The molecule has 9 heteroatoms. The summed E-state index contributed by atoms with van der Waals surface area (Å²) in [7, 11) is -1.18. The van der Waals surface area contributed by atoms with Crippen LogP contribution in [0.4, 0.5) is 5.69 Å². The number of hydrogen-bond acceptors (Lipinski definition) is 6. The van der Waals surface area contributed by atoms with Gasteiger partial charge in [0.25, 0.3) is 10.0 Å². The highest BCUT2D eigenvalue weighted by Gasteiger charge is 2.28. The van der Waals surface area contributed by atoms with Crippen molar-refractivity contribution >= 4 is 21.6 Å². The highest BCUT2D eigenvalue weighted by molar-refractivity contribution is 7.92. The molecule has 2 aromatic carbocycles. The lowest BCUT2D eigenvalue weighted by Gasteiger charge is -2.25. The molecule has 170 valence electrons.